The fourth-order valence-corrected chi connectivity index (χ4v) is 20.5. The van der Waals surface area contributed by atoms with Crippen molar-refractivity contribution in [1.82, 2.24) is 64.5 Å². The number of hydrogen-bond acceptors (Lipinski definition) is 26. The molecule has 0 atom stereocenters. The second-order valence-corrected chi connectivity index (χ2v) is 33.8. The lowest BCUT2D eigenvalue weighted by Gasteiger charge is -2.30. The van der Waals surface area contributed by atoms with E-state index in [4.69, 9.17) is 57.9 Å². The summed E-state index contributed by atoms with van der Waals surface area (Å²) in [5, 5.41) is 31.0. The van der Waals surface area contributed by atoms with Gasteiger partial charge < -0.3 is 43.0 Å². The summed E-state index contributed by atoms with van der Waals surface area (Å²) in [6.45, 7) is 0. The van der Waals surface area contributed by atoms with E-state index in [0.29, 0.717) is 21.9 Å². The quantitative estimate of drug-likeness (QED) is 0.0497. The van der Waals surface area contributed by atoms with Crippen LogP contribution < -0.4 is 60.3 Å². The lowest BCUT2D eigenvalue weighted by atomic mass is 10.1. The third-order valence-corrected chi connectivity index (χ3v) is 26.1. The first-order chi connectivity index (χ1) is 54.1. The second kappa shape index (κ2) is 36.9. The van der Waals surface area contributed by atoms with Crippen LogP contribution in [0.15, 0.2) is 248 Å². The molecule has 0 spiro atoms. The van der Waals surface area contributed by atoms with Gasteiger partial charge in [-0.25, -0.2) is 29.9 Å². The summed E-state index contributed by atoms with van der Waals surface area (Å²) in [7, 11) is 0. The normalized spacial score (nSPS) is 13.1. The molecule has 0 saturated heterocycles. The van der Waals surface area contributed by atoms with Crippen LogP contribution in [0.25, 0.3) is 0 Å². The number of carbonyl (C=O) groups excluding carboxylic acids is 5. The van der Waals surface area contributed by atoms with E-state index in [1.54, 1.807) is 36.8 Å². The molecule has 0 aromatic carbocycles. The molecule has 0 aliphatic carbocycles. The van der Waals surface area contributed by atoms with E-state index in [2.05, 4.69) is 93.3 Å². The minimum Gasteiger partial charge on any atom is -0.384 e. The van der Waals surface area contributed by atoms with Gasteiger partial charge in [0, 0.05) is 18.6 Å². The van der Waals surface area contributed by atoms with E-state index < -0.39 is 40.3 Å². The van der Waals surface area contributed by atoms with Gasteiger partial charge in [-0.15, -0.1) is 90.7 Å². The van der Waals surface area contributed by atoms with Crippen molar-refractivity contribution in [3.8, 4) is 0 Å². The Hall–Kier alpha value is -10.3. The highest BCUT2D eigenvalue weighted by atomic mass is 79.9. The summed E-state index contributed by atoms with van der Waals surface area (Å²) in [5.74, 6) is -0.376. The maximum atomic E-state index is 13.6. The number of primary amides is 1. The molecular formula is C74H55Br2Cl4N17O9S8. The van der Waals surface area contributed by atoms with Gasteiger partial charge in [0.1, 0.15) is 70.6 Å². The Labute approximate surface area is 715 Å². The van der Waals surface area contributed by atoms with Crippen molar-refractivity contribution in [2.75, 3.05) is 16.4 Å². The summed E-state index contributed by atoms with van der Waals surface area (Å²) in [5.41, 5.74) is 6.05. The number of nitrogens with zero attached hydrogens (tertiary/aromatic N) is 9. The first-order valence-corrected chi connectivity index (χ1v) is 42.0. The Kier molecular flexibility index (Phi) is 27.4. The zero-order chi connectivity index (χ0) is 79.0. The number of anilines is 5. The molecule has 0 bridgehead atoms. The lowest BCUT2D eigenvalue weighted by molar-refractivity contribution is 0.0939. The zero-order valence-corrected chi connectivity index (χ0v) is 69.0. The SMILES string of the molecule is C.C.NC(=O)c1[nH]c(=O)c(Br)cc1Cl.Nc1ccncn1.O=C(c1cccs1)c1cccs1.O=C1NC(c2cccs2)(c2cccs2)n2c1c(Cl)cc(Br)c2=O.O=C1NC(c2cccs2)(c2cccs2)n2c1c(Cl)cc(Nc1ccncn1)c2=O.O=C1NC(c2cccs2)(c2cccs2)n2c1c(Cl)cc(Nc1ccncn1)c2=O. The van der Waals surface area contributed by atoms with Crippen LogP contribution in [0.1, 0.15) is 101 Å². The molecule has 40 heteroatoms. The van der Waals surface area contributed by atoms with Crippen molar-refractivity contribution in [2.24, 2.45) is 5.73 Å². The van der Waals surface area contributed by atoms with E-state index in [9.17, 15) is 43.2 Å². The summed E-state index contributed by atoms with van der Waals surface area (Å²) in [4.78, 5) is 144. The van der Waals surface area contributed by atoms with Gasteiger partial charge in [0.25, 0.3) is 45.9 Å². The van der Waals surface area contributed by atoms with Gasteiger partial charge in [0.2, 0.25) is 5.78 Å². The second-order valence-electron chi connectivity index (χ2n) is 22.9. The van der Waals surface area contributed by atoms with Crippen LogP contribution in [0.4, 0.5) is 28.8 Å². The smallest absolute Gasteiger partial charge is 0.277 e. The lowest BCUT2D eigenvalue weighted by Crippen LogP contribution is -2.48. The minimum atomic E-state index is -1.15. The van der Waals surface area contributed by atoms with Crippen molar-refractivity contribution in [3.63, 3.8) is 0 Å². The number of pyridine rings is 4. The van der Waals surface area contributed by atoms with Gasteiger partial charge in [-0.3, -0.25) is 56.9 Å². The van der Waals surface area contributed by atoms with E-state index in [1.807, 2.05) is 140 Å². The van der Waals surface area contributed by atoms with E-state index in [0.717, 1.165) is 39.0 Å². The van der Waals surface area contributed by atoms with Gasteiger partial charge in [0.15, 0.2) is 17.0 Å². The molecule has 0 fully saturated rings. The minimum absolute atomic E-state index is 0. The fourth-order valence-electron chi connectivity index (χ4n) is 11.5. The molecule has 3 aliphatic heterocycles. The van der Waals surface area contributed by atoms with Crippen molar-refractivity contribution in [3.05, 3.63) is 352 Å². The average molecular weight is 1880 g/mol. The number of nitrogen functional groups attached to an aromatic ring is 1. The number of nitrogens with one attached hydrogen (secondary N) is 6. The summed E-state index contributed by atoms with van der Waals surface area (Å²) in [6, 6.07) is 40.8. The van der Waals surface area contributed by atoms with Gasteiger partial charge in [-0.1, -0.05) is 110 Å². The number of ketones is 1. The number of fused-ring (bicyclic) bond motifs is 3. The van der Waals surface area contributed by atoms with Crippen LogP contribution in [0.3, 0.4) is 0 Å². The number of carbonyl (C=O) groups is 5. The molecule has 0 saturated carbocycles. The van der Waals surface area contributed by atoms with Crippen LogP contribution in [0, 0.1) is 0 Å². The number of rotatable bonds is 13. The van der Waals surface area contributed by atoms with E-state index in [1.165, 1.54) is 148 Å². The Morgan fingerprint density at radius 2 is 0.746 bits per heavy atom. The monoisotopic (exact) mass is 1880 g/mol. The van der Waals surface area contributed by atoms with E-state index in [-0.39, 0.29) is 102 Å². The summed E-state index contributed by atoms with van der Waals surface area (Å²) >= 11 is 42.7. The van der Waals surface area contributed by atoms with Crippen molar-refractivity contribution in [1.29, 1.82) is 0 Å². The number of nitrogens with two attached hydrogens (primary N) is 2. The Bertz CT molecular complexity index is 5810. The van der Waals surface area contributed by atoms with Gasteiger partial charge in [-0.2, -0.15) is 0 Å². The predicted octanol–water partition coefficient (Wildman–Crippen LogP) is 16.4. The van der Waals surface area contributed by atoms with Crippen LogP contribution >= 0.6 is 169 Å². The largest absolute Gasteiger partial charge is 0.384 e. The Balaban J connectivity index is 0.000000142. The Morgan fingerprint density at radius 1 is 0.421 bits per heavy atom. The number of aromatic amines is 1. The average Bonchev–Trinajstić information content (AvgIpc) is 1.56. The molecule has 15 aromatic rings. The molecule has 0 unspecified atom stereocenters. The molecule has 10 N–H and O–H groups in total. The number of halogens is 6. The van der Waals surface area contributed by atoms with Crippen LogP contribution in [-0.2, 0) is 17.0 Å². The van der Waals surface area contributed by atoms with Gasteiger partial charge >= 0.3 is 0 Å². The molecule has 15 aromatic heterocycles. The van der Waals surface area contributed by atoms with Gasteiger partial charge in [-0.05, 0) is 166 Å². The van der Waals surface area contributed by atoms with Crippen LogP contribution in [0.2, 0.25) is 20.1 Å². The molecular weight excluding hydrogens is 1830 g/mol. The number of aromatic nitrogens is 10. The maximum absolute atomic E-state index is 13.6. The number of H-pyrrole nitrogens is 1. The highest BCUT2D eigenvalue weighted by Gasteiger charge is 2.52. The molecule has 114 heavy (non-hydrogen) atoms. The predicted molar refractivity (Wildman–Crippen MR) is 463 cm³/mol. The van der Waals surface area contributed by atoms with Crippen molar-refractivity contribution >= 4 is 227 Å². The van der Waals surface area contributed by atoms with Crippen LogP contribution in [0.5, 0.6) is 0 Å². The molecule has 26 nitrogen and oxygen atoms in total. The molecule has 4 amide bonds. The maximum Gasteiger partial charge on any atom is 0.277 e. The van der Waals surface area contributed by atoms with Gasteiger partial charge in [0.05, 0.1) is 68.1 Å². The molecule has 3 aliphatic rings. The third-order valence-electron chi connectivity index (χ3n) is 16.2. The van der Waals surface area contributed by atoms with Crippen molar-refractivity contribution in [2.45, 2.75) is 31.8 Å². The molecule has 0 radical (unpaired) electrons. The number of hydrogen-bond donors (Lipinski definition) is 8. The fraction of sp³-hybridized carbons (Fsp3) is 0.0676. The number of thiophene rings is 8. The van der Waals surface area contributed by atoms with Crippen molar-refractivity contribution < 1.29 is 24.0 Å². The summed E-state index contributed by atoms with van der Waals surface area (Å²) in [6.07, 6.45) is 8.89. The first-order valence-electron chi connectivity index (χ1n) is 31.9. The first kappa shape index (κ1) is 84.6. The third kappa shape index (κ3) is 16.9. The highest BCUT2D eigenvalue weighted by Crippen LogP contribution is 2.46. The Morgan fingerprint density at radius 3 is 1.04 bits per heavy atom. The number of amides is 4. The highest BCUT2D eigenvalue weighted by molar-refractivity contribution is 9.10. The molecule has 18 heterocycles. The topological polar surface area (TPSA) is 374 Å². The summed E-state index contributed by atoms with van der Waals surface area (Å²) < 4.78 is 4.93. The zero-order valence-electron chi connectivity index (χ0n) is 56.2. The molecule has 18 rings (SSSR count). The van der Waals surface area contributed by atoms with Crippen LogP contribution in [-0.4, -0.2) is 78.0 Å². The molecule has 580 valence electrons. The standard InChI is InChI=1S/2C19H12ClN5O2S2.C15H8BrClN2O2S2.C9H6OS2.C6H4BrClN2O2.C4H5N3.2CH4/c2*20-11-9-12(23-15-5-6-21-10-22-15)18(27)25-16(11)17(26)24-19(25,13-3-1-7-28-13)14-4-2-8-29-14;16-8-7-9(17)12-13(20)18-15(19(12)14(8)21,10-3-1-5-22-10)11-4-2-6-23-11;10-9(7-3-1-5-11-7)8-4-2-6-12-8;7-2-1-3(8)4(5(9)11)10-6(2)12;5-4-1-2-6-3-7-4;;/h2*1-10H,(H,24,26)(H,21,22,23);1-7H,(H,18,20);1-6H;1H,(H2,9,11)(H,10,12);1-3H,(H2,5,6,7);2*1H4. The van der Waals surface area contributed by atoms with E-state index >= 15 is 0 Å².